The lowest BCUT2D eigenvalue weighted by atomic mass is 9.83. The molecule has 0 aromatic heterocycles. The molecule has 0 aliphatic carbocycles. The minimum absolute atomic E-state index is 0.235. The van der Waals surface area contributed by atoms with Crippen LogP contribution in [-0.2, 0) is 11.2 Å². The maximum atomic E-state index is 10.7. The first-order chi connectivity index (χ1) is 8.61. The Balaban J connectivity index is 2.02. The quantitative estimate of drug-likeness (QED) is 0.886. The van der Waals surface area contributed by atoms with E-state index in [1.165, 1.54) is 11.1 Å². The molecule has 0 amide bonds. The molecule has 1 aromatic rings. The lowest BCUT2D eigenvalue weighted by Gasteiger charge is -2.37. The lowest BCUT2D eigenvalue weighted by Crippen LogP contribution is -2.42. The van der Waals surface area contributed by atoms with Gasteiger partial charge in [-0.1, -0.05) is 43.2 Å². The van der Waals surface area contributed by atoms with Gasteiger partial charge in [-0.05, 0) is 25.3 Å². The topological polar surface area (TPSA) is 29.5 Å². The van der Waals surface area contributed by atoms with Crippen LogP contribution in [0.4, 0.5) is 0 Å². The van der Waals surface area contributed by atoms with Gasteiger partial charge < -0.3 is 9.84 Å². The van der Waals surface area contributed by atoms with Crippen molar-refractivity contribution in [2.45, 2.75) is 57.7 Å². The molecule has 2 atom stereocenters. The number of hydrogen-bond donors (Lipinski definition) is 1. The lowest BCUT2D eigenvalue weighted by molar-refractivity contribution is -0.104. The van der Waals surface area contributed by atoms with Crippen LogP contribution in [0, 0.1) is 6.92 Å². The SMILES string of the molecule is CCCC1CC(O)(Cc2cccc(C)c2)CCO1. The molecule has 100 valence electrons. The highest BCUT2D eigenvalue weighted by molar-refractivity contribution is 5.23. The molecule has 0 bridgehead atoms. The van der Waals surface area contributed by atoms with E-state index in [0.717, 1.165) is 32.1 Å². The van der Waals surface area contributed by atoms with Crippen molar-refractivity contribution in [1.29, 1.82) is 0 Å². The van der Waals surface area contributed by atoms with Crippen LogP contribution in [0.5, 0.6) is 0 Å². The van der Waals surface area contributed by atoms with Crippen molar-refractivity contribution >= 4 is 0 Å². The van der Waals surface area contributed by atoms with Crippen LogP contribution in [0.2, 0.25) is 0 Å². The molecule has 2 heteroatoms. The summed E-state index contributed by atoms with van der Waals surface area (Å²) in [5, 5.41) is 10.7. The highest BCUT2D eigenvalue weighted by atomic mass is 16.5. The average molecular weight is 248 g/mol. The zero-order valence-corrected chi connectivity index (χ0v) is 11.5. The van der Waals surface area contributed by atoms with Gasteiger partial charge in [0, 0.05) is 19.4 Å². The number of aryl methyl sites for hydroxylation is 1. The van der Waals surface area contributed by atoms with Crippen LogP contribution >= 0.6 is 0 Å². The van der Waals surface area contributed by atoms with Crippen LogP contribution < -0.4 is 0 Å². The second-order valence-corrected chi connectivity index (χ2v) is 5.63. The van der Waals surface area contributed by atoms with Gasteiger partial charge >= 0.3 is 0 Å². The van der Waals surface area contributed by atoms with E-state index < -0.39 is 5.60 Å². The van der Waals surface area contributed by atoms with E-state index >= 15 is 0 Å². The highest BCUT2D eigenvalue weighted by Gasteiger charge is 2.34. The van der Waals surface area contributed by atoms with E-state index in [0.29, 0.717) is 6.61 Å². The highest BCUT2D eigenvalue weighted by Crippen LogP contribution is 2.30. The normalized spacial score (nSPS) is 28.3. The van der Waals surface area contributed by atoms with Crippen molar-refractivity contribution in [3.05, 3.63) is 35.4 Å². The summed E-state index contributed by atoms with van der Waals surface area (Å²) in [6.45, 7) is 4.95. The van der Waals surface area contributed by atoms with Crippen LogP contribution in [0.15, 0.2) is 24.3 Å². The molecule has 0 spiro atoms. The molecule has 2 nitrogen and oxygen atoms in total. The molecule has 1 aliphatic heterocycles. The molecule has 1 N–H and O–H groups in total. The summed E-state index contributed by atoms with van der Waals surface area (Å²) in [5.41, 5.74) is 1.91. The van der Waals surface area contributed by atoms with E-state index in [-0.39, 0.29) is 6.10 Å². The van der Waals surface area contributed by atoms with Gasteiger partial charge in [0.15, 0.2) is 0 Å². The number of rotatable bonds is 4. The summed E-state index contributed by atoms with van der Waals surface area (Å²) >= 11 is 0. The molecule has 0 saturated carbocycles. The Bertz CT molecular complexity index is 386. The third-order valence-electron chi connectivity index (χ3n) is 3.75. The maximum Gasteiger partial charge on any atom is 0.0734 e. The Morgan fingerprint density at radius 2 is 2.28 bits per heavy atom. The van der Waals surface area contributed by atoms with Crippen molar-refractivity contribution < 1.29 is 9.84 Å². The third-order valence-corrected chi connectivity index (χ3v) is 3.75. The molecule has 1 aliphatic rings. The molecule has 1 heterocycles. The predicted octanol–water partition coefficient (Wildman–Crippen LogP) is 3.25. The monoisotopic (exact) mass is 248 g/mol. The number of hydrogen-bond acceptors (Lipinski definition) is 2. The number of benzene rings is 1. The fourth-order valence-corrected chi connectivity index (χ4v) is 2.87. The fourth-order valence-electron chi connectivity index (χ4n) is 2.87. The first-order valence-corrected chi connectivity index (χ1v) is 7.01. The Morgan fingerprint density at radius 1 is 1.44 bits per heavy atom. The van der Waals surface area contributed by atoms with E-state index in [1.54, 1.807) is 0 Å². The van der Waals surface area contributed by atoms with Crippen LogP contribution in [0.1, 0.15) is 43.7 Å². The van der Waals surface area contributed by atoms with Gasteiger partial charge in [-0.25, -0.2) is 0 Å². The zero-order valence-electron chi connectivity index (χ0n) is 11.5. The van der Waals surface area contributed by atoms with Crippen molar-refractivity contribution in [2.75, 3.05) is 6.61 Å². The second kappa shape index (κ2) is 5.85. The van der Waals surface area contributed by atoms with Gasteiger partial charge in [0.25, 0.3) is 0 Å². The van der Waals surface area contributed by atoms with Gasteiger partial charge in [-0.15, -0.1) is 0 Å². The summed E-state index contributed by atoms with van der Waals surface area (Å²) in [6.07, 6.45) is 4.67. The molecule has 0 radical (unpaired) electrons. The fraction of sp³-hybridized carbons (Fsp3) is 0.625. The van der Waals surface area contributed by atoms with Gasteiger partial charge in [0.1, 0.15) is 0 Å². The molecule has 1 saturated heterocycles. The van der Waals surface area contributed by atoms with Crippen molar-refractivity contribution in [2.24, 2.45) is 0 Å². The molecular weight excluding hydrogens is 224 g/mol. The second-order valence-electron chi connectivity index (χ2n) is 5.63. The van der Waals surface area contributed by atoms with Crippen molar-refractivity contribution in [3.63, 3.8) is 0 Å². The minimum atomic E-state index is -0.577. The standard InChI is InChI=1S/C16H24O2/c1-3-5-15-12-16(17,8-9-18-15)11-14-7-4-6-13(2)10-14/h4,6-7,10,15,17H,3,5,8-9,11-12H2,1-2H3. The first kappa shape index (κ1) is 13.6. The van der Waals surface area contributed by atoms with Gasteiger partial charge in [0.2, 0.25) is 0 Å². The number of aliphatic hydroxyl groups is 1. The summed E-state index contributed by atoms with van der Waals surface area (Å²) in [7, 11) is 0. The molecule has 2 unspecified atom stereocenters. The predicted molar refractivity (Wildman–Crippen MR) is 73.7 cm³/mol. The smallest absolute Gasteiger partial charge is 0.0734 e. The maximum absolute atomic E-state index is 10.7. The summed E-state index contributed by atoms with van der Waals surface area (Å²) in [4.78, 5) is 0. The molecular formula is C16H24O2. The van der Waals surface area contributed by atoms with E-state index in [9.17, 15) is 5.11 Å². The molecule has 2 rings (SSSR count). The summed E-state index contributed by atoms with van der Waals surface area (Å²) in [6, 6.07) is 8.44. The van der Waals surface area contributed by atoms with Crippen LogP contribution in [0.25, 0.3) is 0 Å². The third kappa shape index (κ3) is 3.56. The summed E-state index contributed by atoms with van der Waals surface area (Å²) < 4.78 is 5.72. The van der Waals surface area contributed by atoms with Gasteiger partial charge in [-0.3, -0.25) is 0 Å². The Kier molecular flexibility index (Phi) is 4.41. The first-order valence-electron chi connectivity index (χ1n) is 7.01. The van der Waals surface area contributed by atoms with Crippen molar-refractivity contribution in [3.8, 4) is 0 Å². The zero-order chi connectivity index (χ0) is 13.0. The Hall–Kier alpha value is -0.860. The average Bonchev–Trinajstić information content (AvgIpc) is 2.28. The van der Waals surface area contributed by atoms with Crippen molar-refractivity contribution in [1.82, 2.24) is 0 Å². The largest absolute Gasteiger partial charge is 0.389 e. The molecule has 1 aromatic carbocycles. The Labute approximate surface area is 110 Å². The van der Waals surface area contributed by atoms with E-state index in [4.69, 9.17) is 4.74 Å². The van der Waals surface area contributed by atoms with E-state index in [1.807, 2.05) is 0 Å². The van der Waals surface area contributed by atoms with Gasteiger partial charge in [0.05, 0.1) is 11.7 Å². The number of ether oxygens (including phenoxy) is 1. The minimum Gasteiger partial charge on any atom is -0.389 e. The van der Waals surface area contributed by atoms with Crippen LogP contribution in [-0.4, -0.2) is 23.4 Å². The van der Waals surface area contributed by atoms with Crippen LogP contribution in [0.3, 0.4) is 0 Å². The summed E-state index contributed by atoms with van der Waals surface area (Å²) in [5.74, 6) is 0. The Morgan fingerprint density at radius 3 is 3.00 bits per heavy atom. The van der Waals surface area contributed by atoms with E-state index in [2.05, 4.69) is 38.1 Å². The molecule has 1 fully saturated rings. The van der Waals surface area contributed by atoms with Gasteiger partial charge in [-0.2, -0.15) is 0 Å². The molecule has 18 heavy (non-hydrogen) atoms.